The number of H-pyrrole nitrogens is 1. The van der Waals surface area contributed by atoms with E-state index < -0.39 is 0 Å². The first-order chi connectivity index (χ1) is 9.70. The van der Waals surface area contributed by atoms with Crippen molar-refractivity contribution in [2.45, 2.75) is 26.8 Å². The summed E-state index contributed by atoms with van der Waals surface area (Å²) in [4.78, 5) is 0. The van der Waals surface area contributed by atoms with Gasteiger partial charge >= 0.3 is 5.65 Å². The molecule has 102 valence electrons. The lowest BCUT2D eigenvalue weighted by atomic mass is 10.2. The average Bonchev–Trinajstić information content (AvgIpc) is 2.83. The summed E-state index contributed by atoms with van der Waals surface area (Å²) in [5, 5.41) is 7.77. The van der Waals surface area contributed by atoms with Crippen molar-refractivity contribution in [3.05, 3.63) is 58.0 Å². The van der Waals surface area contributed by atoms with Gasteiger partial charge in [-0.2, -0.15) is 0 Å². The van der Waals surface area contributed by atoms with E-state index in [2.05, 4.69) is 36.2 Å². The van der Waals surface area contributed by atoms with Crippen LogP contribution in [-0.4, -0.2) is 14.9 Å². The molecule has 0 aliphatic heterocycles. The number of aromatic amines is 1. The van der Waals surface area contributed by atoms with Crippen LogP contribution >= 0.6 is 12.2 Å². The van der Waals surface area contributed by atoms with E-state index in [9.17, 15) is 0 Å². The maximum absolute atomic E-state index is 5.64. The quantitative estimate of drug-likeness (QED) is 0.593. The Kier molecular flexibility index (Phi) is 3.36. The van der Waals surface area contributed by atoms with Crippen LogP contribution in [0, 0.1) is 11.4 Å². The van der Waals surface area contributed by atoms with Crippen molar-refractivity contribution in [1.29, 1.82) is 0 Å². The molecular weight excluding hydrogens is 268 g/mol. The van der Waals surface area contributed by atoms with Crippen LogP contribution in [-0.2, 0) is 13.0 Å². The number of aromatic nitrogens is 4. The fourth-order valence-electron chi connectivity index (χ4n) is 2.51. The Morgan fingerprint density at radius 3 is 2.75 bits per heavy atom. The van der Waals surface area contributed by atoms with Crippen molar-refractivity contribution in [1.82, 2.24) is 14.9 Å². The van der Waals surface area contributed by atoms with Gasteiger partial charge in [-0.1, -0.05) is 49.5 Å². The van der Waals surface area contributed by atoms with Crippen LogP contribution in [0.5, 0.6) is 0 Å². The zero-order valence-electron chi connectivity index (χ0n) is 11.6. The van der Waals surface area contributed by atoms with E-state index in [0.717, 1.165) is 28.8 Å². The molecular formula is C15H17N4S+. The number of rotatable bonds is 3. The van der Waals surface area contributed by atoms with Gasteiger partial charge in [0.25, 0.3) is 6.33 Å². The molecule has 0 aliphatic rings. The van der Waals surface area contributed by atoms with Crippen LogP contribution in [0.4, 0.5) is 0 Å². The standard InChI is InChI=1S/C15H16N4S/c1-3-13-11(2)17-19-10-16-18(15(19)14(13)20)9-12-7-5-4-6-8-12/h4-8,10H,3,9H2,1-2H3/p+1. The molecule has 1 N–H and O–H groups in total. The lowest BCUT2D eigenvalue weighted by Crippen LogP contribution is -2.27. The first kappa shape index (κ1) is 13.0. The maximum Gasteiger partial charge on any atom is 0.301 e. The SMILES string of the molecule is CCc1c(C)[nH][n+]2cnn(Cc3ccccc3)c2c1=S. The third kappa shape index (κ3) is 2.14. The van der Waals surface area contributed by atoms with Gasteiger partial charge in [-0.25, -0.2) is 5.10 Å². The molecule has 5 heteroatoms. The molecule has 0 bridgehead atoms. The highest BCUT2D eigenvalue weighted by molar-refractivity contribution is 7.71. The van der Waals surface area contributed by atoms with Crippen molar-refractivity contribution in [2.24, 2.45) is 0 Å². The van der Waals surface area contributed by atoms with Gasteiger partial charge in [0.05, 0.1) is 0 Å². The second kappa shape index (κ2) is 5.17. The van der Waals surface area contributed by atoms with Crippen molar-refractivity contribution in [3.63, 3.8) is 0 Å². The monoisotopic (exact) mass is 285 g/mol. The normalized spacial score (nSPS) is 11.1. The average molecular weight is 285 g/mol. The van der Waals surface area contributed by atoms with Gasteiger partial charge in [0.1, 0.15) is 11.1 Å². The summed E-state index contributed by atoms with van der Waals surface area (Å²) >= 11 is 5.64. The number of hydrogen-bond donors (Lipinski definition) is 1. The van der Waals surface area contributed by atoms with Gasteiger partial charge in [0.2, 0.25) is 0 Å². The topological polar surface area (TPSA) is 37.7 Å². The molecule has 0 atom stereocenters. The Bertz CT molecular complexity index is 802. The van der Waals surface area contributed by atoms with Crippen LogP contribution in [0.2, 0.25) is 0 Å². The first-order valence-electron chi connectivity index (χ1n) is 6.73. The molecule has 3 aromatic rings. The van der Waals surface area contributed by atoms with Gasteiger partial charge < -0.3 is 0 Å². The molecule has 0 spiro atoms. The molecule has 2 heterocycles. The summed E-state index contributed by atoms with van der Waals surface area (Å²) in [6.45, 7) is 4.90. The van der Waals surface area contributed by atoms with Crippen LogP contribution in [0.3, 0.4) is 0 Å². The third-order valence-electron chi connectivity index (χ3n) is 3.53. The van der Waals surface area contributed by atoms with Gasteiger partial charge in [-0.05, 0) is 24.5 Å². The van der Waals surface area contributed by atoms with E-state index in [4.69, 9.17) is 12.2 Å². The van der Waals surface area contributed by atoms with Crippen molar-refractivity contribution < 1.29 is 4.52 Å². The fourth-order valence-corrected chi connectivity index (χ4v) is 3.01. The third-order valence-corrected chi connectivity index (χ3v) is 3.95. The molecule has 0 saturated carbocycles. The Morgan fingerprint density at radius 1 is 1.30 bits per heavy atom. The number of fused-ring (bicyclic) bond motifs is 1. The van der Waals surface area contributed by atoms with Gasteiger partial charge in [-0.15, -0.1) is 9.20 Å². The van der Waals surface area contributed by atoms with Crippen molar-refractivity contribution in [3.8, 4) is 0 Å². The molecule has 0 amide bonds. The molecule has 0 fully saturated rings. The summed E-state index contributed by atoms with van der Waals surface area (Å²) in [5.74, 6) is 0. The van der Waals surface area contributed by atoms with Crippen LogP contribution in [0.25, 0.3) is 5.65 Å². The predicted octanol–water partition coefficient (Wildman–Crippen LogP) is 2.60. The lowest BCUT2D eigenvalue weighted by Gasteiger charge is -2.03. The Balaban J connectivity index is 2.16. The summed E-state index contributed by atoms with van der Waals surface area (Å²) in [6, 6.07) is 10.3. The first-order valence-corrected chi connectivity index (χ1v) is 7.14. The second-order valence-electron chi connectivity index (χ2n) is 4.87. The highest BCUT2D eigenvalue weighted by atomic mass is 32.1. The van der Waals surface area contributed by atoms with Crippen LogP contribution in [0.15, 0.2) is 36.7 Å². The highest BCUT2D eigenvalue weighted by Gasteiger charge is 2.17. The molecule has 4 nitrogen and oxygen atoms in total. The van der Waals surface area contributed by atoms with E-state index in [0.29, 0.717) is 0 Å². The lowest BCUT2D eigenvalue weighted by molar-refractivity contribution is -0.582. The maximum atomic E-state index is 5.64. The minimum Gasteiger partial charge on any atom is -0.248 e. The minimum atomic E-state index is 0.723. The number of nitrogens with one attached hydrogen (secondary N) is 1. The van der Waals surface area contributed by atoms with Gasteiger partial charge in [0.15, 0.2) is 0 Å². The van der Waals surface area contributed by atoms with E-state index in [1.54, 1.807) is 6.33 Å². The number of aryl methyl sites for hydroxylation is 1. The van der Waals surface area contributed by atoms with Crippen molar-refractivity contribution in [2.75, 3.05) is 0 Å². The molecule has 0 aliphatic carbocycles. The van der Waals surface area contributed by atoms with E-state index >= 15 is 0 Å². The molecule has 0 saturated heterocycles. The van der Waals surface area contributed by atoms with Crippen LogP contribution < -0.4 is 4.52 Å². The molecule has 0 radical (unpaired) electrons. The van der Waals surface area contributed by atoms with E-state index in [1.165, 1.54) is 11.1 Å². The number of hydrogen-bond acceptors (Lipinski definition) is 2. The summed E-state index contributed by atoms with van der Waals surface area (Å²) in [6.07, 6.45) is 2.70. The highest BCUT2D eigenvalue weighted by Crippen LogP contribution is 2.12. The largest absolute Gasteiger partial charge is 0.301 e. The molecule has 20 heavy (non-hydrogen) atoms. The van der Waals surface area contributed by atoms with Crippen LogP contribution in [0.1, 0.15) is 23.7 Å². The van der Waals surface area contributed by atoms with E-state index in [-0.39, 0.29) is 0 Å². The summed E-state index contributed by atoms with van der Waals surface area (Å²) in [7, 11) is 0. The zero-order chi connectivity index (χ0) is 14.1. The Hall–Kier alpha value is -2.01. The second-order valence-corrected chi connectivity index (χ2v) is 5.27. The number of nitrogens with zero attached hydrogens (tertiary/aromatic N) is 3. The van der Waals surface area contributed by atoms with Crippen molar-refractivity contribution >= 4 is 17.9 Å². The predicted molar refractivity (Wildman–Crippen MR) is 80.2 cm³/mol. The Morgan fingerprint density at radius 2 is 2.05 bits per heavy atom. The summed E-state index contributed by atoms with van der Waals surface area (Å²) in [5.41, 5.74) is 4.46. The summed E-state index contributed by atoms with van der Waals surface area (Å²) < 4.78 is 4.74. The Labute approximate surface area is 122 Å². The number of benzene rings is 1. The molecule has 1 aromatic carbocycles. The smallest absolute Gasteiger partial charge is 0.248 e. The van der Waals surface area contributed by atoms with Gasteiger partial charge in [0, 0.05) is 10.8 Å². The van der Waals surface area contributed by atoms with Gasteiger partial charge in [-0.3, -0.25) is 0 Å². The fraction of sp³-hybridized carbons (Fsp3) is 0.267. The molecule has 2 aromatic heterocycles. The molecule has 3 rings (SSSR count). The zero-order valence-corrected chi connectivity index (χ0v) is 12.4. The molecule has 0 unspecified atom stereocenters. The minimum absolute atomic E-state index is 0.723. The van der Waals surface area contributed by atoms with E-state index in [1.807, 2.05) is 27.4 Å².